The summed E-state index contributed by atoms with van der Waals surface area (Å²) in [4.78, 5) is 16.9. The van der Waals surface area contributed by atoms with Crippen LogP contribution in [-0.2, 0) is 35.9 Å². The predicted molar refractivity (Wildman–Crippen MR) is 140 cm³/mol. The molecule has 10 heteroatoms. The van der Waals surface area contributed by atoms with Gasteiger partial charge < -0.3 is 20.4 Å². The fourth-order valence-corrected chi connectivity index (χ4v) is 6.85. The minimum absolute atomic E-state index is 0.185. The van der Waals surface area contributed by atoms with Crippen molar-refractivity contribution in [2.24, 2.45) is 0 Å². The molecule has 0 bridgehead atoms. The van der Waals surface area contributed by atoms with Gasteiger partial charge in [0.2, 0.25) is 0 Å². The SMILES string of the molecule is CN(C)C1CCN(S(=O)(=O)NC(=O)Nc2c3c(cc4c2CCC4)CCC3)C1.CN(C)C1CCNC1. The summed E-state index contributed by atoms with van der Waals surface area (Å²) in [6.45, 7) is 3.21. The number of fused-ring (bicyclic) bond motifs is 2. The normalized spacial score (nSPS) is 23.8. The Morgan fingerprint density at radius 2 is 1.60 bits per heavy atom. The summed E-state index contributed by atoms with van der Waals surface area (Å²) >= 11 is 0. The maximum Gasteiger partial charge on any atom is 0.333 e. The summed E-state index contributed by atoms with van der Waals surface area (Å²) < 4.78 is 28.8. The molecule has 2 aliphatic carbocycles. The number of nitrogens with zero attached hydrogens (tertiary/aromatic N) is 3. The standard InChI is InChI=1S/C19H28N4O3S.C6H14N2/c1-22(2)15-9-10-23(12-15)27(25,26)21-19(24)20-18-16-7-3-5-13(16)11-14-6-4-8-17(14)18;1-8(2)6-3-4-7-5-6/h11,15H,3-10,12H2,1-2H3,(H2,20,21,24);6-7H,3-5H2,1-2H3. The van der Waals surface area contributed by atoms with E-state index in [9.17, 15) is 13.2 Å². The third-order valence-corrected chi connectivity index (χ3v) is 9.35. The molecule has 2 heterocycles. The van der Waals surface area contributed by atoms with E-state index in [-0.39, 0.29) is 6.04 Å². The number of likely N-dealkylation sites (N-methyl/N-ethyl adjacent to an activating group) is 2. The Kier molecular flexibility index (Phi) is 8.38. The molecular weight excluding hydrogens is 464 g/mol. The highest BCUT2D eigenvalue weighted by atomic mass is 32.2. The molecule has 5 rings (SSSR count). The largest absolute Gasteiger partial charge is 0.333 e. The zero-order valence-electron chi connectivity index (χ0n) is 21.7. The van der Waals surface area contributed by atoms with Crippen LogP contribution in [0, 0.1) is 0 Å². The minimum atomic E-state index is -3.83. The molecule has 0 saturated carbocycles. The van der Waals surface area contributed by atoms with Gasteiger partial charge in [0.15, 0.2) is 0 Å². The Balaban J connectivity index is 0.000000308. The van der Waals surface area contributed by atoms with E-state index in [1.54, 1.807) is 0 Å². The number of urea groups is 1. The Morgan fingerprint density at radius 3 is 2.09 bits per heavy atom. The maximum absolute atomic E-state index is 12.6. The number of amides is 2. The maximum atomic E-state index is 12.6. The van der Waals surface area contributed by atoms with Crippen molar-refractivity contribution < 1.29 is 13.2 Å². The Labute approximate surface area is 210 Å². The summed E-state index contributed by atoms with van der Waals surface area (Å²) in [5, 5.41) is 6.20. The highest BCUT2D eigenvalue weighted by Crippen LogP contribution is 2.38. The van der Waals surface area contributed by atoms with Crippen LogP contribution >= 0.6 is 0 Å². The number of anilines is 1. The van der Waals surface area contributed by atoms with Gasteiger partial charge in [0.25, 0.3) is 0 Å². The van der Waals surface area contributed by atoms with Crippen molar-refractivity contribution in [1.29, 1.82) is 0 Å². The van der Waals surface area contributed by atoms with Crippen LogP contribution in [0.2, 0.25) is 0 Å². The highest BCUT2D eigenvalue weighted by molar-refractivity contribution is 7.87. The van der Waals surface area contributed by atoms with E-state index >= 15 is 0 Å². The lowest BCUT2D eigenvalue weighted by Gasteiger charge is -2.21. The number of hydrogen-bond donors (Lipinski definition) is 3. The van der Waals surface area contributed by atoms with Gasteiger partial charge in [-0.05, 0) is 108 Å². The molecule has 0 aromatic heterocycles. The molecule has 2 atom stereocenters. The van der Waals surface area contributed by atoms with E-state index in [1.807, 2.05) is 19.0 Å². The van der Waals surface area contributed by atoms with Crippen molar-refractivity contribution in [3.63, 3.8) is 0 Å². The molecule has 2 saturated heterocycles. The molecule has 196 valence electrons. The fourth-order valence-electron chi connectivity index (χ4n) is 5.72. The first-order chi connectivity index (χ1) is 16.7. The average Bonchev–Trinajstić information content (AvgIpc) is 3.60. The van der Waals surface area contributed by atoms with Gasteiger partial charge in [-0.2, -0.15) is 12.7 Å². The predicted octanol–water partition coefficient (Wildman–Crippen LogP) is 1.58. The second kappa shape index (κ2) is 11.1. The zero-order chi connectivity index (χ0) is 25.2. The van der Waals surface area contributed by atoms with Crippen molar-refractivity contribution in [1.82, 2.24) is 24.1 Å². The number of hydrogen-bond acceptors (Lipinski definition) is 6. The lowest BCUT2D eigenvalue weighted by atomic mass is 9.99. The van der Waals surface area contributed by atoms with Crippen molar-refractivity contribution >= 4 is 21.9 Å². The molecule has 3 N–H and O–H groups in total. The van der Waals surface area contributed by atoms with E-state index in [1.165, 1.54) is 46.1 Å². The van der Waals surface area contributed by atoms with Crippen LogP contribution < -0.4 is 15.4 Å². The van der Waals surface area contributed by atoms with Gasteiger partial charge in [-0.1, -0.05) is 6.07 Å². The second-order valence-corrected chi connectivity index (χ2v) is 12.3. The Hall–Kier alpha value is -1.72. The van der Waals surface area contributed by atoms with E-state index in [2.05, 4.69) is 40.4 Å². The van der Waals surface area contributed by atoms with Crippen LogP contribution in [0.1, 0.15) is 47.9 Å². The number of carbonyl (C=O) groups excluding carboxylic acids is 1. The van der Waals surface area contributed by atoms with Crippen LogP contribution in [0.15, 0.2) is 6.07 Å². The highest BCUT2D eigenvalue weighted by Gasteiger charge is 2.34. The van der Waals surface area contributed by atoms with E-state index < -0.39 is 16.2 Å². The number of benzene rings is 1. The average molecular weight is 507 g/mol. The first kappa shape index (κ1) is 26.3. The van der Waals surface area contributed by atoms with Gasteiger partial charge in [-0.15, -0.1) is 0 Å². The van der Waals surface area contributed by atoms with E-state index in [4.69, 9.17) is 0 Å². The van der Waals surface area contributed by atoms with Crippen molar-refractivity contribution in [3.05, 3.63) is 28.3 Å². The molecule has 1 aromatic rings. The molecule has 0 radical (unpaired) electrons. The third kappa shape index (κ3) is 6.17. The fraction of sp³-hybridized carbons (Fsp3) is 0.720. The number of nitrogens with one attached hydrogen (secondary N) is 3. The zero-order valence-corrected chi connectivity index (χ0v) is 22.5. The summed E-state index contributed by atoms with van der Waals surface area (Å²) in [7, 11) is 4.33. The Bertz CT molecular complexity index is 988. The number of aryl methyl sites for hydroxylation is 2. The first-order valence-corrected chi connectivity index (χ1v) is 14.4. The van der Waals surface area contributed by atoms with Crippen LogP contribution in [-0.4, -0.2) is 95.0 Å². The molecule has 4 aliphatic rings. The smallest absolute Gasteiger partial charge is 0.315 e. The van der Waals surface area contributed by atoms with Gasteiger partial charge >= 0.3 is 16.2 Å². The molecular formula is C25H42N6O3S. The van der Waals surface area contributed by atoms with Crippen LogP contribution in [0.25, 0.3) is 0 Å². The lowest BCUT2D eigenvalue weighted by Crippen LogP contribution is -2.45. The third-order valence-electron chi connectivity index (χ3n) is 7.89. The molecule has 2 amide bonds. The molecule has 9 nitrogen and oxygen atoms in total. The van der Waals surface area contributed by atoms with Gasteiger partial charge in [-0.25, -0.2) is 9.52 Å². The number of rotatable bonds is 5. The summed E-state index contributed by atoms with van der Waals surface area (Å²) in [6, 6.07) is 2.61. The quantitative estimate of drug-likeness (QED) is 0.561. The van der Waals surface area contributed by atoms with Crippen molar-refractivity contribution in [2.75, 3.05) is 59.7 Å². The van der Waals surface area contributed by atoms with Gasteiger partial charge in [0.1, 0.15) is 0 Å². The Morgan fingerprint density at radius 1 is 0.971 bits per heavy atom. The molecule has 2 aliphatic heterocycles. The molecule has 2 unspecified atom stereocenters. The lowest BCUT2D eigenvalue weighted by molar-refractivity contribution is 0.255. The first-order valence-electron chi connectivity index (χ1n) is 12.9. The van der Waals surface area contributed by atoms with Crippen molar-refractivity contribution in [3.8, 4) is 0 Å². The minimum Gasteiger partial charge on any atom is -0.315 e. The molecule has 2 fully saturated rings. The second-order valence-electron chi connectivity index (χ2n) is 10.7. The van der Waals surface area contributed by atoms with Crippen LogP contribution in [0.3, 0.4) is 0 Å². The molecule has 0 spiro atoms. The molecule has 35 heavy (non-hydrogen) atoms. The monoisotopic (exact) mass is 506 g/mol. The summed E-state index contributed by atoms with van der Waals surface area (Å²) in [6.07, 6.45) is 8.23. The van der Waals surface area contributed by atoms with Crippen molar-refractivity contribution in [2.45, 2.75) is 63.5 Å². The number of carbonyl (C=O) groups is 1. The van der Waals surface area contributed by atoms with E-state index in [0.717, 1.165) is 56.7 Å². The molecule has 1 aromatic carbocycles. The van der Waals surface area contributed by atoms with Crippen LogP contribution in [0.5, 0.6) is 0 Å². The van der Waals surface area contributed by atoms with Gasteiger partial charge in [0, 0.05) is 37.4 Å². The summed E-state index contributed by atoms with van der Waals surface area (Å²) in [5.74, 6) is 0. The van der Waals surface area contributed by atoms with Gasteiger partial charge in [0.05, 0.1) is 0 Å². The van der Waals surface area contributed by atoms with Gasteiger partial charge in [-0.3, -0.25) is 0 Å². The van der Waals surface area contributed by atoms with E-state index in [0.29, 0.717) is 13.1 Å². The topological polar surface area (TPSA) is 97.0 Å². The van der Waals surface area contributed by atoms with Crippen LogP contribution in [0.4, 0.5) is 10.5 Å². The summed E-state index contributed by atoms with van der Waals surface area (Å²) in [5.41, 5.74) is 5.86.